The van der Waals surface area contributed by atoms with Crippen LogP contribution < -0.4 is 5.32 Å². The zero-order valence-corrected chi connectivity index (χ0v) is 6.93. The van der Waals surface area contributed by atoms with Gasteiger partial charge in [0.05, 0.1) is 6.61 Å². The van der Waals surface area contributed by atoms with E-state index < -0.39 is 0 Å². The van der Waals surface area contributed by atoms with Crippen LogP contribution in [0.2, 0.25) is 0 Å². The van der Waals surface area contributed by atoms with Crippen molar-refractivity contribution in [2.45, 2.75) is 0 Å². The molecule has 1 N–H and O–H groups in total. The van der Waals surface area contributed by atoms with E-state index in [2.05, 4.69) is 11.4 Å². The van der Waals surface area contributed by atoms with E-state index in [9.17, 15) is 4.39 Å². The molecule has 0 fully saturated rings. The Morgan fingerprint density at radius 3 is 3.00 bits per heavy atom. The number of halogens is 1. The van der Waals surface area contributed by atoms with Crippen molar-refractivity contribution in [1.82, 2.24) is 0 Å². The van der Waals surface area contributed by atoms with Crippen molar-refractivity contribution in [3.05, 3.63) is 30.1 Å². The van der Waals surface area contributed by atoms with Gasteiger partial charge in [-0.1, -0.05) is 0 Å². The molecule has 1 radical (unpaired) electrons. The third-order valence-electron chi connectivity index (χ3n) is 1.40. The van der Waals surface area contributed by atoms with Crippen molar-refractivity contribution in [2.24, 2.45) is 0 Å². The molecule has 1 aromatic rings. The average Bonchev–Trinajstić information content (AvgIpc) is 2.09. The van der Waals surface area contributed by atoms with Crippen LogP contribution in [0.25, 0.3) is 0 Å². The maximum absolute atomic E-state index is 12.4. The Morgan fingerprint density at radius 1 is 1.58 bits per heavy atom. The monoisotopic (exact) mass is 168 g/mol. The summed E-state index contributed by atoms with van der Waals surface area (Å²) in [5, 5.41) is 3.03. The van der Waals surface area contributed by atoms with E-state index >= 15 is 0 Å². The Balaban J connectivity index is 2.37. The van der Waals surface area contributed by atoms with E-state index in [1.165, 1.54) is 12.1 Å². The summed E-state index contributed by atoms with van der Waals surface area (Å²) < 4.78 is 17.2. The fourth-order valence-corrected chi connectivity index (χ4v) is 0.804. The first-order valence-corrected chi connectivity index (χ1v) is 3.73. The topological polar surface area (TPSA) is 21.3 Å². The van der Waals surface area contributed by atoms with Gasteiger partial charge in [0.1, 0.15) is 5.82 Å². The number of rotatable bonds is 4. The van der Waals surface area contributed by atoms with Gasteiger partial charge >= 0.3 is 0 Å². The summed E-state index contributed by atoms with van der Waals surface area (Å²) in [4.78, 5) is 0. The number of anilines is 1. The van der Waals surface area contributed by atoms with Gasteiger partial charge in [-0.15, -0.1) is 0 Å². The predicted octanol–water partition coefficient (Wildman–Crippen LogP) is 1.68. The van der Waals surface area contributed by atoms with E-state index in [4.69, 9.17) is 4.74 Å². The Hall–Kier alpha value is -1.09. The molecular formula is C9H11FNO. The van der Waals surface area contributed by atoms with Gasteiger partial charge in [-0.2, -0.15) is 0 Å². The second kappa shape index (κ2) is 4.72. The van der Waals surface area contributed by atoms with Crippen molar-refractivity contribution >= 4 is 5.69 Å². The average molecular weight is 168 g/mol. The highest BCUT2D eigenvalue weighted by molar-refractivity contribution is 5.41. The van der Waals surface area contributed by atoms with Crippen LogP contribution in [0.4, 0.5) is 10.1 Å². The highest BCUT2D eigenvalue weighted by Gasteiger charge is 1.91. The SMILES string of the molecule is COCCNc1[c]cc(F)cc1. The summed E-state index contributed by atoms with van der Waals surface area (Å²) in [6, 6.07) is 7.09. The van der Waals surface area contributed by atoms with Gasteiger partial charge in [0.25, 0.3) is 0 Å². The van der Waals surface area contributed by atoms with Crippen molar-refractivity contribution in [3.8, 4) is 0 Å². The zero-order chi connectivity index (χ0) is 8.81. The molecule has 0 saturated carbocycles. The van der Waals surface area contributed by atoms with E-state index in [0.717, 1.165) is 5.69 Å². The van der Waals surface area contributed by atoms with Gasteiger partial charge in [0.15, 0.2) is 0 Å². The van der Waals surface area contributed by atoms with E-state index in [1.54, 1.807) is 13.2 Å². The molecule has 0 unspecified atom stereocenters. The second-order valence-electron chi connectivity index (χ2n) is 2.34. The zero-order valence-electron chi connectivity index (χ0n) is 6.93. The number of hydrogen-bond donors (Lipinski definition) is 1. The van der Waals surface area contributed by atoms with Crippen molar-refractivity contribution in [2.75, 3.05) is 25.6 Å². The Morgan fingerprint density at radius 2 is 2.42 bits per heavy atom. The number of methoxy groups -OCH3 is 1. The maximum Gasteiger partial charge on any atom is 0.123 e. The minimum absolute atomic E-state index is 0.271. The summed E-state index contributed by atoms with van der Waals surface area (Å²) in [6.45, 7) is 1.34. The third-order valence-corrected chi connectivity index (χ3v) is 1.40. The molecule has 0 aliphatic heterocycles. The lowest BCUT2D eigenvalue weighted by Gasteiger charge is -2.03. The van der Waals surface area contributed by atoms with Crippen molar-refractivity contribution < 1.29 is 9.13 Å². The molecule has 12 heavy (non-hydrogen) atoms. The normalized spacial score (nSPS) is 9.83. The molecule has 0 amide bonds. The molecule has 0 heterocycles. The predicted molar refractivity (Wildman–Crippen MR) is 45.6 cm³/mol. The molecule has 0 aliphatic rings. The van der Waals surface area contributed by atoms with Gasteiger partial charge in [0, 0.05) is 25.4 Å². The fraction of sp³-hybridized carbons (Fsp3) is 0.333. The smallest absolute Gasteiger partial charge is 0.123 e. The first-order chi connectivity index (χ1) is 5.83. The lowest BCUT2D eigenvalue weighted by Crippen LogP contribution is -2.07. The van der Waals surface area contributed by atoms with Gasteiger partial charge in [-0.3, -0.25) is 0 Å². The molecule has 0 aromatic heterocycles. The molecule has 0 atom stereocenters. The molecule has 1 aromatic carbocycles. The molecule has 0 spiro atoms. The van der Waals surface area contributed by atoms with Gasteiger partial charge in [-0.05, 0) is 18.2 Å². The molecule has 0 saturated heterocycles. The second-order valence-corrected chi connectivity index (χ2v) is 2.34. The van der Waals surface area contributed by atoms with Crippen molar-refractivity contribution in [1.29, 1.82) is 0 Å². The summed E-state index contributed by atoms with van der Waals surface area (Å²) in [6.07, 6.45) is 0. The third kappa shape index (κ3) is 2.88. The van der Waals surface area contributed by atoms with Crippen molar-refractivity contribution in [3.63, 3.8) is 0 Å². The maximum atomic E-state index is 12.4. The van der Waals surface area contributed by atoms with Crippen LogP contribution in [-0.2, 0) is 4.74 Å². The molecule has 2 nitrogen and oxygen atoms in total. The summed E-state index contributed by atoms with van der Waals surface area (Å²) in [7, 11) is 1.63. The standard InChI is InChI=1S/C9H11FNO/c1-12-7-6-11-9-4-2-8(10)3-5-9/h2-4,11H,6-7H2,1H3. The summed E-state index contributed by atoms with van der Waals surface area (Å²) >= 11 is 0. The molecule has 1 rings (SSSR count). The fourth-order valence-electron chi connectivity index (χ4n) is 0.804. The van der Waals surface area contributed by atoms with Crippen LogP contribution in [0, 0.1) is 11.9 Å². The number of nitrogens with one attached hydrogen (secondary N) is 1. The molecule has 3 heteroatoms. The Kier molecular flexibility index (Phi) is 3.54. The minimum Gasteiger partial charge on any atom is -0.383 e. The van der Waals surface area contributed by atoms with Crippen LogP contribution >= 0.6 is 0 Å². The van der Waals surface area contributed by atoms with Gasteiger partial charge < -0.3 is 10.1 Å². The molecule has 65 valence electrons. The molecule has 0 bridgehead atoms. The molecule has 0 aliphatic carbocycles. The lowest BCUT2D eigenvalue weighted by atomic mass is 10.3. The first kappa shape index (κ1) is 9.00. The van der Waals surface area contributed by atoms with E-state index in [-0.39, 0.29) is 5.82 Å². The van der Waals surface area contributed by atoms with Crippen LogP contribution in [-0.4, -0.2) is 20.3 Å². The quantitative estimate of drug-likeness (QED) is 0.691. The number of benzene rings is 1. The van der Waals surface area contributed by atoms with E-state index in [0.29, 0.717) is 13.2 Å². The lowest BCUT2D eigenvalue weighted by molar-refractivity contribution is 0.211. The van der Waals surface area contributed by atoms with Gasteiger partial charge in [0.2, 0.25) is 0 Å². The molecular weight excluding hydrogens is 157 g/mol. The van der Waals surface area contributed by atoms with Crippen LogP contribution in [0.1, 0.15) is 0 Å². The number of ether oxygens (including phenoxy) is 1. The summed E-state index contributed by atoms with van der Waals surface area (Å²) in [5.41, 5.74) is 0.786. The van der Waals surface area contributed by atoms with Crippen LogP contribution in [0.5, 0.6) is 0 Å². The first-order valence-electron chi connectivity index (χ1n) is 3.73. The minimum atomic E-state index is -0.271. The van der Waals surface area contributed by atoms with E-state index in [1.807, 2.05) is 0 Å². The number of hydrogen-bond acceptors (Lipinski definition) is 2. The highest BCUT2D eigenvalue weighted by Crippen LogP contribution is 2.06. The van der Waals surface area contributed by atoms with Crippen LogP contribution in [0.15, 0.2) is 18.2 Å². The van der Waals surface area contributed by atoms with Gasteiger partial charge in [-0.25, -0.2) is 4.39 Å². The Bertz CT molecular complexity index is 222. The van der Waals surface area contributed by atoms with Crippen LogP contribution in [0.3, 0.4) is 0 Å². The Labute approximate surface area is 71.4 Å². The highest BCUT2D eigenvalue weighted by atomic mass is 19.1. The largest absolute Gasteiger partial charge is 0.383 e. The summed E-state index contributed by atoms with van der Waals surface area (Å²) in [5.74, 6) is -0.271.